The third-order valence-corrected chi connectivity index (χ3v) is 3.74. The number of hydrogen-bond donors (Lipinski definition) is 1. The highest BCUT2D eigenvalue weighted by Gasteiger charge is 2.12. The number of benzene rings is 2. The van der Waals surface area contributed by atoms with E-state index in [1.165, 1.54) is 6.07 Å². The van der Waals surface area contributed by atoms with E-state index in [1.807, 2.05) is 24.3 Å². The van der Waals surface area contributed by atoms with Crippen molar-refractivity contribution in [2.24, 2.45) is 5.73 Å². The van der Waals surface area contributed by atoms with E-state index >= 15 is 0 Å². The first-order valence-electron chi connectivity index (χ1n) is 5.67. The Morgan fingerprint density at radius 2 is 1.95 bits per heavy atom. The molecule has 0 aromatic heterocycles. The van der Waals surface area contributed by atoms with Gasteiger partial charge in [-0.2, -0.15) is 0 Å². The maximum Gasteiger partial charge on any atom is 0.141 e. The van der Waals surface area contributed by atoms with Crippen molar-refractivity contribution >= 4 is 31.9 Å². The van der Waals surface area contributed by atoms with Crippen LogP contribution in [-0.2, 0) is 0 Å². The molecule has 0 aliphatic carbocycles. The Morgan fingerprint density at radius 3 is 2.58 bits per heavy atom. The van der Waals surface area contributed by atoms with Gasteiger partial charge < -0.3 is 10.5 Å². The Bertz CT molecular complexity index is 577. The van der Waals surface area contributed by atoms with Gasteiger partial charge in [0.15, 0.2) is 0 Å². The van der Waals surface area contributed by atoms with Crippen LogP contribution in [0.5, 0.6) is 5.75 Å². The minimum atomic E-state index is -0.359. The summed E-state index contributed by atoms with van der Waals surface area (Å²) in [5.41, 5.74) is 6.67. The summed E-state index contributed by atoms with van der Waals surface area (Å²) in [5.74, 6) is 0.0960. The van der Waals surface area contributed by atoms with E-state index in [0.29, 0.717) is 16.8 Å². The van der Waals surface area contributed by atoms with Gasteiger partial charge in [-0.05, 0) is 45.8 Å². The lowest BCUT2D eigenvalue weighted by Gasteiger charge is -2.18. The quantitative estimate of drug-likeness (QED) is 0.840. The number of rotatable bonds is 4. The summed E-state index contributed by atoms with van der Waals surface area (Å²) in [4.78, 5) is 0. The molecule has 1 atom stereocenters. The molecule has 5 heteroatoms. The Balaban J connectivity index is 2.21. The molecule has 0 fully saturated rings. The molecule has 2 nitrogen and oxygen atoms in total. The molecule has 0 amide bonds. The second kappa shape index (κ2) is 6.50. The van der Waals surface area contributed by atoms with E-state index in [-0.39, 0.29) is 11.9 Å². The third-order valence-electron chi connectivity index (χ3n) is 2.60. The zero-order valence-corrected chi connectivity index (χ0v) is 13.1. The summed E-state index contributed by atoms with van der Waals surface area (Å²) >= 11 is 6.51. The van der Waals surface area contributed by atoms with Crippen molar-refractivity contribution < 1.29 is 9.13 Å². The first-order valence-corrected chi connectivity index (χ1v) is 7.26. The highest BCUT2D eigenvalue weighted by Crippen LogP contribution is 2.26. The number of nitrogens with two attached hydrogens (primary N) is 1. The lowest BCUT2D eigenvalue weighted by molar-refractivity contribution is 0.213. The van der Waals surface area contributed by atoms with E-state index in [9.17, 15) is 4.39 Å². The van der Waals surface area contributed by atoms with Crippen LogP contribution in [0.1, 0.15) is 11.7 Å². The van der Waals surface area contributed by atoms with Crippen LogP contribution in [-0.4, -0.2) is 6.54 Å². The summed E-state index contributed by atoms with van der Waals surface area (Å²) < 4.78 is 20.5. The highest BCUT2D eigenvalue weighted by molar-refractivity contribution is 9.10. The minimum Gasteiger partial charge on any atom is -0.484 e. The van der Waals surface area contributed by atoms with Gasteiger partial charge in [0.05, 0.1) is 4.47 Å². The molecule has 2 aromatic carbocycles. The molecule has 0 saturated carbocycles. The van der Waals surface area contributed by atoms with Crippen LogP contribution < -0.4 is 10.5 Å². The maximum absolute atomic E-state index is 13.4. The summed E-state index contributed by atoms with van der Waals surface area (Å²) in [5, 5.41) is 0. The first kappa shape index (κ1) is 14.5. The standard InChI is InChI=1S/C14H12Br2FNO/c15-10-3-1-2-9(6-10)14(8-18)19-11-4-5-12(16)13(17)7-11/h1-7,14H,8,18H2. The third kappa shape index (κ3) is 3.78. The predicted octanol–water partition coefficient (Wildman–Crippen LogP) is 4.43. The normalized spacial score (nSPS) is 12.2. The van der Waals surface area contributed by atoms with Gasteiger partial charge in [0.2, 0.25) is 0 Å². The average Bonchev–Trinajstić information content (AvgIpc) is 2.40. The second-order valence-corrected chi connectivity index (χ2v) is 5.74. The molecule has 100 valence electrons. The molecule has 0 spiro atoms. The molecule has 2 rings (SSSR count). The second-order valence-electron chi connectivity index (χ2n) is 3.97. The smallest absolute Gasteiger partial charge is 0.141 e. The molecule has 0 aliphatic heterocycles. The van der Waals surface area contributed by atoms with Gasteiger partial charge in [-0.3, -0.25) is 0 Å². The van der Waals surface area contributed by atoms with E-state index in [4.69, 9.17) is 10.5 Å². The fourth-order valence-corrected chi connectivity index (χ4v) is 2.34. The molecule has 0 heterocycles. The van der Waals surface area contributed by atoms with Crippen LogP contribution in [0.3, 0.4) is 0 Å². The largest absolute Gasteiger partial charge is 0.484 e. The van der Waals surface area contributed by atoms with Crippen LogP contribution in [0.4, 0.5) is 4.39 Å². The fraction of sp³-hybridized carbons (Fsp3) is 0.143. The molecule has 1 unspecified atom stereocenters. The average molecular weight is 389 g/mol. The molecule has 19 heavy (non-hydrogen) atoms. The van der Waals surface area contributed by atoms with Crippen LogP contribution >= 0.6 is 31.9 Å². The van der Waals surface area contributed by atoms with E-state index in [0.717, 1.165) is 10.0 Å². The molecule has 0 radical (unpaired) electrons. The predicted molar refractivity (Wildman–Crippen MR) is 80.7 cm³/mol. The van der Waals surface area contributed by atoms with Crippen LogP contribution in [0.25, 0.3) is 0 Å². The molecular formula is C14H12Br2FNO. The van der Waals surface area contributed by atoms with Gasteiger partial charge in [0.1, 0.15) is 17.7 Å². The van der Waals surface area contributed by atoms with Crippen molar-refractivity contribution in [1.29, 1.82) is 0 Å². The van der Waals surface area contributed by atoms with Gasteiger partial charge in [-0.25, -0.2) is 4.39 Å². The molecule has 0 aliphatic rings. The lowest BCUT2D eigenvalue weighted by atomic mass is 10.1. The van der Waals surface area contributed by atoms with Crippen molar-refractivity contribution in [3.63, 3.8) is 0 Å². The van der Waals surface area contributed by atoms with Gasteiger partial charge in [0.25, 0.3) is 0 Å². The van der Waals surface area contributed by atoms with E-state index < -0.39 is 0 Å². The number of ether oxygens (including phenoxy) is 1. The van der Waals surface area contributed by atoms with Gasteiger partial charge in [0, 0.05) is 17.1 Å². The summed E-state index contributed by atoms with van der Waals surface area (Å²) in [6.45, 7) is 0.314. The monoisotopic (exact) mass is 387 g/mol. The van der Waals surface area contributed by atoms with Crippen molar-refractivity contribution in [3.05, 3.63) is 62.8 Å². The maximum atomic E-state index is 13.4. The van der Waals surface area contributed by atoms with Crippen molar-refractivity contribution in [3.8, 4) is 5.75 Å². The van der Waals surface area contributed by atoms with Crippen LogP contribution in [0.15, 0.2) is 51.4 Å². The minimum absolute atomic E-state index is 0.307. The highest BCUT2D eigenvalue weighted by atomic mass is 79.9. The SMILES string of the molecule is NCC(Oc1ccc(Br)c(F)c1)c1cccc(Br)c1. The zero-order chi connectivity index (χ0) is 13.8. The molecule has 2 aromatic rings. The molecule has 0 bridgehead atoms. The number of halogens is 3. The van der Waals surface area contributed by atoms with Crippen molar-refractivity contribution in [2.45, 2.75) is 6.10 Å². The molecule has 0 saturated heterocycles. The van der Waals surface area contributed by atoms with Gasteiger partial charge in [-0.15, -0.1) is 0 Å². The lowest BCUT2D eigenvalue weighted by Crippen LogP contribution is -2.18. The van der Waals surface area contributed by atoms with Crippen molar-refractivity contribution in [2.75, 3.05) is 6.54 Å². The van der Waals surface area contributed by atoms with Gasteiger partial charge >= 0.3 is 0 Å². The van der Waals surface area contributed by atoms with Crippen molar-refractivity contribution in [1.82, 2.24) is 0 Å². The first-order chi connectivity index (χ1) is 9.10. The summed E-state index contributed by atoms with van der Waals surface area (Å²) in [6, 6.07) is 12.4. The Morgan fingerprint density at radius 1 is 1.16 bits per heavy atom. The zero-order valence-electron chi connectivity index (χ0n) is 9.95. The fourth-order valence-electron chi connectivity index (χ4n) is 1.67. The topological polar surface area (TPSA) is 35.2 Å². The summed E-state index contributed by atoms with van der Waals surface area (Å²) in [6.07, 6.45) is -0.307. The summed E-state index contributed by atoms with van der Waals surface area (Å²) in [7, 11) is 0. The molecule has 2 N–H and O–H groups in total. The Kier molecular flexibility index (Phi) is 4.96. The number of hydrogen-bond acceptors (Lipinski definition) is 2. The van der Waals surface area contributed by atoms with Crippen LogP contribution in [0, 0.1) is 5.82 Å². The van der Waals surface area contributed by atoms with E-state index in [2.05, 4.69) is 31.9 Å². The Labute approximate surface area is 128 Å². The van der Waals surface area contributed by atoms with Crippen LogP contribution in [0.2, 0.25) is 0 Å². The van der Waals surface area contributed by atoms with E-state index in [1.54, 1.807) is 12.1 Å². The Hall–Kier alpha value is -0.910. The molecular weight excluding hydrogens is 377 g/mol. The van der Waals surface area contributed by atoms with Gasteiger partial charge in [-0.1, -0.05) is 28.1 Å².